The Hall–Kier alpha value is -0.570. The second kappa shape index (κ2) is 3.30. The fourth-order valence-electron chi connectivity index (χ4n) is 6.16. The Morgan fingerprint density at radius 3 is 2.00 bits per heavy atom. The Bertz CT molecular complexity index is 370. The first-order valence-electron chi connectivity index (χ1n) is 7.60. The Morgan fingerprint density at radius 1 is 1.11 bits per heavy atom. The number of rotatable bonds is 1. The van der Waals surface area contributed by atoms with E-state index in [9.17, 15) is 4.79 Å². The molecule has 1 unspecified atom stereocenters. The number of nitrogens with zero attached hydrogens (tertiary/aromatic N) is 1. The highest BCUT2D eigenvalue weighted by Gasteiger charge is 2.62. The highest BCUT2D eigenvalue weighted by atomic mass is 16.2. The third-order valence-corrected chi connectivity index (χ3v) is 6.81. The summed E-state index contributed by atoms with van der Waals surface area (Å²) < 4.78 is 0. The van der Waals surface area contributed by atoms with Crippen LogP contribution in [0.15, 0.2) is 0 Å². The predicted octanol–water partition coefficient (Wildman–Crippen LogP) is 2.46. The Labute approximate surface area is 109 Å². The molecule has 4 bridgehead atoms. The number of amides is 1. The van der Waals surface area contributed by atoms with Crippen molar-refractivity contribution in [3.63, 3.8) is 0 Å². The van der Waals surface area contributed by atoms with E-state index in [-0.39, 0.29) is 11.4 Å². The topological polar surface area (TPSA) is 46.3 Å². The van der Waals surface area contributed by atoms with Gasteiger partial charge in [-0.15, -0.1) is 0 Å². The maximum absolute atomic E-state index is 11.9. The largest absolute Gasteiger partial charge is 0.274 e. The molecule has 1 heterocycles. The average molecular weight is 248 g/mol. The summed E-state index contributed by atoms with van der Waals surface area (Å²) in [5.41, 5.74) is 0.294. The van der Waals surface area contributed by atoms with Gasteiger partial charge in [0.2, 0.25) is 5.91 Å². The van der Waals surface area contributed by atoms with Gasteiger partial charge >= 0.3 is 0 Å². The first-order chi connectivity index (χ1) is 8.52. The molecule has 1 saturated heterocycles. The number of carbonyl (C=O) groups excluding carboxylic acids is 1. The van der Waals surface area contributed by atoms with Gasteiger partial charge in [-0.25, -0.2) is 5.84 Å². The highest BCUT2D eigenvalue weighted by Crippen LogP contribution is 2.65. The van der Waals surface area contributed by atoms with Gasteiger partial charge in [0.25, 0.3) is 0 Å². The summed E-state index contributed by atoms with van der Waals surface area (Å²) in [5.74, 6) is 9.11. The molecule has 0 spiro atoms. The molecule has 2 N–H and O–H groups in total. The number of hydrogen-bond donors (Lipinski definition) is 1. The predicted molar refractivity (Wildman–Crippen MR) is 69.3 cm³/mol. The summed E-state index contributed by atoms with van der Waals surface area (Å²) in [7, 11) is 0. The van der Waals surface area contributed by atoms with Crippen LogP contribution >= 0.6 is 0 Å². The lowest BCUT2D eigenvalue weighted by molar-refractivity contribution is -0.153. The van der Waals surface area contributed by atoms with E-state index in [2.05, 4.69) is 6.92 Å². The van der Waals surface area contributed by atoms with E-state index in [1.54, 1.807) is 5.01 Å². The van der Waals surface area contributed by atoms with E-state index in [1.807, 2.05) is 0 Å². The van der Waals surface area contributed by atoms with Crippen molar-refractivity contribution in [2.24, 2.45) is 29.0 Å². The van der Waals surface area contributed by atoms with Crippen LogP contribution in [0.5, 0.6) is 0 Å². The first kappa shape index (κ1) is 11.3. The van der Waals surface area contributed by atoms with Crippen LogP contribution in [-0.2, 0) is 4.79 Å². The molecule has 1 atom stereocenters. The summed E-state index contributed by atoms with van der Waals surface area (Å²) in [5, 5.41) is 1.63. The minimum Gasteiger partial charge on any atom is -0.274 e. The molecule has 100 valence electrons. The van der Waals surface area contributed by atoms with Gasteiger partial charge in [-0.2, -0.15) is 0 Å². The summed E-state index contributed by atoms with van der Waals surface area (Å²) in [6.45, 7) is 2.27. The van der Waals surface area contributed by atoms with Crippen LogP contribution in [-0.4, -0.2) is 16.5 Å². The van der Waals surface area contributed by atoms with Crippen molar-refractivity contribution in [2.45, 2.75) is 63.8 Å². The molecule has 3 heteroatoms. The second-order valence-corrected chi connectivity index (χ2v) is 7.74. The molecule has 4 saturated carbocycles. The molecule has 5 aliphatic rings. The lowest BCUT2D eigenvalue weighted by Crippen LogP contribution is -2.64. The van der Waals surface area contributed by atoms with Crippen molar-refractivity contribution in [1.82, 2.24) is 5.01 Å². The minimum atomic E-state index is -0.0555. The van der Waals surface area contributed by atoms with Gasteiger partial charge in [-0.1, -0.05) is 0 Å². The Balaban J connectivity index is 1.73. The van der Waals surface area contributed by atoms with Crippen LogP contribution in [0.25, 0.3) is 0 Å². The Kier molecular flexibility index (Phi) is 2.07. The summed E-state index contributed by atoms with van der Waals surface area (Å²) in [4.78, 5) is 11.9. The third kappa shape index (κ3) is 1.21. The fraction of sp³-hybridized carbons (Fsp3) is 0.933. The van der Waals surface area contributed by atoms with Crippen LogP contribution in [0.3, 0.4) is 0 Å². The normalized spacial score (nSPS) is 54.4. The monoisotopic (exact) mass is 248 g/mol. The second-order valence-electron chi connectivity index (χ2n) is 7.74. The summed E-state index contributed by atoms with van der Waals surface area (Å²) in [6, 6.07) is 0. The molecule has 1 amide bonds. The molecular formula is C15H24N2O. The first-order valence-corrected chi connectivity index (χ1v) is 7.60. The van der Waals surface area contributed by atoms with E-state index in [4.69, 9.17) is 5.84 Å². The quantitative estimate of drug-likeness (QED) is 0.572. The molecule has 4 aliphatic carbocycles. The van der Waals surface area contributed by atoms with Crippen LogP contribution < -0.4 is 5.84 Å². The van der Waals surface area contributed by atoms with E-state index >= 15 is 0 Å². The number of hydrazine groups is 1. The van der Waals surface area contributed by atoms with Gasteiger partial charge in [0.15, 0.2) is 0 Å². The molecule has 0 aromatic rings. The smallest absolute Gasteiger partial charge is 0.237 e. The number of hydrogen-bond acceptors (Lipinski definition) is 2. The minimum absolute atomic E-state index is 0.0555. The van der Waals surface area contributed by atoms with Crippen molar-refractivity contribution in [1.29, 1.82) is 0 Å². The zero-order chi connectivity index (χ0) is 12.5. The van der Waals surface area contributed by atoms with Crippen LogP contribution in [0, 0.1) is 23.2 Å². The van der Waals surface area contributed by atoms with Crippen LogP contribution in [0.4, 0.5) is 0 Å². The average Bonchev–Trinajstić information content (AvgIpc) is 2.57. The summed E-state index contributed by atoms with van der Waals surface area (Å²) in [6.07, 6.45) is 9.99. The maximum Gasteiger partial charge on any atom is 0.237 e. The lowest BCUT2D eigenvalue weighted by Gasteiger charge is -2.63. The van der Waals surface area contributed by atoms with E-state index < -0.39 is 0 Å². The van der Waals surface area contributed by atoms with Gasteiger partial charge in [-0.05, 0) is 75.0 Å². The molecule has 18 heavy (non-hydrogen) atoms. The molecular weight excluding hydrogens is 224 g/mol. The van der Waals surface area contributed by atoms with Crippen LogP contribution in [0.1, 0.15) is 58.3 Å². The highest BCUT2D eigenvalue weighted by molar-refractivity contribution is 5.79. The third-order valence-electron chi connectivity index (χ3n) is 6.81. The van der Waals surface area contributed by atoms with Gasteiger partial charge in [-0.3, -0.25) is 9.80 Å². The lowest BCUT2D eigenvalue weighted by atomic mass is 9.44. The van der Waals surface area contributed by atoms with E-state index in [0.29, 0.717) is 11.8 Å². The van der Waals surface area contributed by atoms with Crippen molar-refractivity contribution >= 4 is 5.91 Å². The van der Waals surface area contributed by atoms with Crippen molar-refractivity contribution in [3.05, 3.63) is 0 Å². The van der Waals surface area contributed by atoms with Crippen molar-refractivity contribution < 1.29 is 4.79 Å². The zero-order valence-electron chi connectivity index (χ0n) is 11.3. The van der Waals surface area contributed by atoms with Gasteiger partial charge < -0.3 is 0 Å². The fourth-order valence-corrected chi connectivity index (χ4v) is 6.16. The Morgan fingerprint density at radius 2 is 1.61 bits per heavy atom. The van der Waals surface area contributed by atoms with Gasteiger partial charge in [0.05, 0.1) is 5.54 Å². The standard InChI is InChI=1S/C15H24N2O/c1-14(3-2-13(18)17(14)16)15-7-10-4-11(8-15)6-12(5-10)9-15/h10-12H,2-9,16H2,1H3. The molecule has 5 rings (SSSR count). The maximum atomic E-state index is 11.9. The molecule has 0 aromatic carbocycles. The molecule has 5 fully saturated rings. The number of nitrogens with two attached hydrogens (primary N) is 1. The summed E-state index contributed by atoms with van der Waals surface area (Å²) >= 11 is 0. The number of carbonyl (C=O) groups is 1. The van der Waals surface area contributed by atoms with Gasteiger partial charge in [0.1, 0.15) is 0 Å². The van der Waals surface area contributed by atoms with E-state index in [1.165, 1.54) is 38.5 Å². The zero-order valence-corrected chi connectivity index (χ0v) is 11.3. The SMILES string of the molecule is CC1(C23CC4CC(CC(C4)C2)C3)CCC(=O)N1N. The van der Waals surface area contributed by atoms with E-state index in [0.717, 1.165) is 24.2 Å². The van der Waals surface area contributed by atoms with Gasteiger partial charge in [0, 0.05) is 6.42 Å². The molecule has 3 nitrogen and oxygen atoms in total. The molecule has 1 aliphatic heterocycles. The molecule has 0 radical (unpaired) electrons. The van der Waals surface area contributed by atoms with Crippen molar-refractivity contribution in [3.8, 4) is 0 Å². The van der Waals surface area contributed by atoms with Crippen molar-refractivity contribution in [2.75, 3.05) is 0 Å². The molecule has 0 aromatic heterocycles. The van der Waals surface area contributed by atoms with Crippen LogP contribution in [0.2, 0.25) is 0 Å².